The van der Waals surface area contributed by atoms with E-state index in [-0.39, 0.29) is 12.3 Å². The molecule has 1 aromatic carbocycles. The van der Waals surface area contributed by atoms with Gasteiger partial charge in [0, 0.05) is 17.7 Å². The van der Waals surface area contributed by atoms with Gasteiger partial charge in [0.15, 0.2) is 0 Å². The maximum atomic E-state index is 11.5. The highest BCUT2D eigenvalue weighted by Crippen LogP contribution is 2.15. The van der Waals surface area contributed by atoms with Crippen LogP contribution in [0.2, 0.25) is 5.02 Å². The Balaban J connectivity index is 2.33. The van der Waals surface area contributed by atoms with Gasteiger partial charge in [-0.1, -0.05) is 29.8 Å². The fourth-order valence-corrected chi connectivity index (χ4v) is 1.52. The van der Waals surface area contributed by atoms with E-state index >= 15 is 0 Å². The molecule has 6 heteroatoms. The number of ether oxygens (including phenoxy) is 1. The zero-order valence-electron chi connectivity index (χ0n) is 11.2. The second-order valence-corrected chi connectivity index (χ2v) is 4.25. The van der Waals surface area contributed by atoms with Crippen molar-refractivity contribution < 1.29 is 14.3 Å². The summed E-state index contributed by atoms with van der Waals surface area (Å²) in [5.74, 6) is -0.743. The number of carbonyl (C=O) groups excluding carboxylic acids is 2. The van der Waals surface area contributed by atoms with Crippen molar-refractivity contribution in [1.29, 1.82) is 0 Å². The Morgan fingerprint density at radius 1 is 1.30 bits per heavy atom. The molecule has 0 fully saturated rings. The summed E-state index contributed by atoms with van der Waals surface area (Å²) in [6.45, 7) is 2.73. The molecule has 0 aliphatic heterocycles. The molecule has 0 spiro atoms. The fourth-order valence-electron chi connectivity index (χ4n) is 1.32. The third-order valence-corrected chi connectivity index (χ3v) is 2.67. The van der Waals surface area contributed by atoms with Crippen LogP contribution in [0.1, 0.15) is 18.9 Å². The minimum absolute atomic E-state index is 0.197. The van der Waals surface area contributed by atoms with Gasteiger partial charge in [0.2, 0.25) is 5.91 Å². The molecule has 0 bridgehead atoms. The monoisotopic (exact) mass is 296 g/mol. The summed E-state index contributed by atoms with van der Waals surface area (Å²) in [4.78, 5) is 22.8. The number of halogens is 1. The number of nitrogens with one attached hydrogen (secondary N) is 2. The van der Waals surface area contributed by atoms with Crippen molar-refractivity contribution in [3.05, 3.63) is 40.9 Å². The Morgan fingerprint density at radius 2 is 2.05 bits per heavy atom. The summed E-state index contributed by atoms with van der Waals surface area (Å²) in [6, 6.07) is 7.14. The molecule has 0 saturated heterocycles. The van der Waals surface area contributed by atoms with Crippen LogP contribution in [-0.4, -0.2) is 25.0 Å². The van der Waals surface area contributed by atoms with Gasteiger partial charge in [-0.3, -0.25) is 20.4 Å². The van der Waals surface area contributed by atoms with Crippen LogP contribution in [0.15, 0.2) is 30.3 Å². The molecule has 1 aromatic rings. The molecule has 0 heterocycles. The van der Waals surface area contributed by atoms with E-state index in [0.29, 0.717) is 18.2 Å². The van der Waals surface area contributed by atoms with Crippen LogP contribution in [-0.2, 0) is 14.3 Å². The summed E-state index contributed by atoms with van der Waals surface area (Å²) >= 11 is 5.94. The van der Waals surface area contributed by atoms with Gasteiger partial charge in [-0.15, -0.1) is 0 Å². The van der Waals surface area contributed by atoms with Crippen LogP contribution < -0.4 is 10.9 Å². The molecular weight excluding hydrogens is 280 g/mol. The van der Waals surface area contributed by atoms with Crippen molar-refractivity contribution in [2.45, 2.75) is 13.3 Å². The molecule has 2 amide bonds. The lowest BCUT2D eigenvalue weighted by atomic mass is 10.2. The summed E-state index contributed by atoms with van der Waals surface area (Å²) < 4.78 is 5.03. The largest absolute Gasteiger partial charge is 0.381 e. The van der Waals surface area contributed by atoms with E-state index < -0.39 is 5.91 Å². The number of carbonyl (C=O) groups is 2. The molecular formula is C14H17ClN2O3. The van der Waals surface area contributed by atoms with E-state index in [2.05, 4.69) is 10.9 Å². The normalized spacial score (nSPS) is 10.5. The lowest BCUT2D eigenvalue weighted by molar-refractivity contribution is -0.127. The first-order valence-electron chi connectivity index (χ1n) is 6.22. The molecule has 0 atom stereocenters. The third-order valence-electron chi connectivity index (χ3n) is 2.32. The average molecular weight is 297 g/mol. The highest BCUT2D eigenvalue weighted by Gasteiger charge is 2.02. The van der Waals surface area contributed by atoms with E-state index in [1.165, 1.54) is 6.08 Å². The Hall–Kier alpha value is -1.85. The van der Waals surface area contributed by atoms with E-state index in [9.17, 15) is 9.59 Å². The second-order valence-electron chi connectivity index (χ2n) is 3.84. The van der Waals surface area contributed by atoms with Crippen LogP contribution in [0.3, 0.4) is 0 Å². The quantitative estimate of drug-likeness (QED) is 0.479. The third kappa shape index (κ3) is 6.36. The SMILES string of the molecule is CCOCCC(=O)NNC(=O)/C=C/c1ccccc1Cl. The predicted octanol–water partition coefficient (Wildman–Crippen LogP) is 1.93. The van der Waals surface area contributed by atoms with Gasteiger partial charge in [-0.2, -0.15) is 0 Å². The van der Waals surface area contributed by atoms with Crippen LogP contribution in [0.5, 0.6) is 0 Å². The zero-order valence-corrected chi connectivity index (χ0v) is 11.9. The van der Waals surface area contributed by atoms with Crippen LogP contribution in [0.4, 0.5) is 0 Å². The smallest absolute Gasteiger partial charge is 0.262 e. The molecule has 0 unspecified atom stereocenters. The molecule has 0 aromatic heterocycles. The van der Waals surface area contributed by atoms with E-state index in [1.54, 1.807) is 24.3 Å². The maximum absolute atomic E-state index is 11.5. The lowest BCUT2D eigenvalue weighted by Gasteiger charge is -2.05. The first-order valence-corrected chi connectivity index (χ1v) is 6.60. The molecule has 0 aliphatic rings. The van der Waals surface area contributed by atoms with E-state index in [1.807, 2.05) is 13.0 Å². The number of hydrogen-bond donors (Lipinski definition) is 2. The van der Waals surface area contributed by atoms with Gasteiger partial charge in [0.05, 0.1) is 13.0 Å². The van der Waals surface area contributed by atoms with Gasteiger partial charge in [0.25, 0.3) is 5.91 Å². The standard InChI is InChI=1S/C14H17ClN2O3/c1-2-20-10-9-14(19)17-16-13(18)8-7-11-5-3-4-6-12(11)15/h3-8H,2,9-10H2,1H3,(H,16,18)(H,17,19)/b8-7+. The summed E-state index contributed by atoms with van der Waals surface area (Å²) in [5, 5.41) is 0.553. The van der Waals surface area contributed by atoms with Gasteiger partial charge >= 0.3 is 0 Å². The van der Waals surface area contributed by atoms with E-state index in [0.717, 1.165) is 5.56 Å². The first kappa shape index (κ1) is 16.2. The Labute approximate surface area is 122 Å². The molecule has 20 heavy (non-hydrogen) atoms. The Kier molecular flexibility index (Phi) is 7.39. The predicted molar refractivity (Wildman–Crippen MR) is 77.9 cm³/mol. The summed E-state index contributed by atoms with van der Waals surface area (Å²) in [7, 11) is 0. The molecule has 5 nitrogen and oxygen atoms in total. The van der Waals surface area contributed by atoms with Crippen molar-refractivity contribution in [2.24, 2.45) is 0 Å². The van der Waals surface area contributed by atoms with Gasteiger partial charge in [-0.05, 0) is 24.6 Å². The van der Waals surface area contributed by atoms with Crippen molar-refractivity contribution in [2.75, 3.05) is 13.2 Å². The maximum Gasteiger partial charge on any atom is 0.262 e. The molecule has 2 N–H and O–H groups in total. The van der Waals surface area contributed by atoms with Crippen molar-refractivity contribution in [3.8, 4) is 0 Å². The van der Waals surface area contributed by atoms with Crippen molar-refractivity contribution in [3.63, 3.8) is 0 Å². The van der Waals surface area contributed by atoms with Crippen LogP contribution in [0.25, 0.3) is 6.08 Å². The lowest BCUT2D eigenvalue weighted by Crippen LogP contribution is -2.41. The molecule has 0 saturated carbocycles. The highest BCUT2D eigenvalue weighted by molar-refractivity contribution is 6.32. The van der Waals surface area contributed by atoms with Crippen LogP contribution >= 0.6 is 11.6 Å². The summed E-state index contributed by atoms with van der Waals surface area (Å²) in [6.07, 6.45) is 3.07. The fraction of sp³-hybridized carbons (Fsp3) is 0.286. The first-order chi connectivity index (χ1) is 9.63. The number of benzene rings is 1. The number of rotatable bonds is 6. The van der Waals surface area contributed by atoms with Crippen molar-refractivity contribution in [1.82, 2.24) is 10.9 Å². The Morgan fingerprint density at radius 3 is 2.75 bits per heavy atom. The number of hydrazine groups is 1. The highest BCUT2D eigenvalue weighted by atomic mass is 35.5. The number of hydrogen-bond acceptors (Lipinski definition) is 3. The van der Waals surface area contributed by atoms with Gasteiger partial charge < -0.3 is 4.74 Å². The number of amides is 2. The topological polar surface area (TPSA) is 67.4 Å². The molecule has 0 radical (unpaired) electrons. The Bertz CT molecular complexity index is 489. The molecule has 0 aliphatic carbocycles. The minimum atomic E-state index is -0.435. The van der Waals surface area contributed by atoms with Crippen molar-refractivity contribution >= 4 is 29.5 Å². The molecule has 1 rings (SSSR count). The minimum Gasteiger partial charge on any atom is -0.381 e. The summed E-state index contributed by atoms with van der Waals surface area (Å²) in [5.41, 5.74) is 5.29. The van der Waals surface area contributed by atoms with E-state index in [4.69, 9.17) is 16.3 Å². The molecule has 108 valence electrons. The van der Waals surface area contributed by atoms with Gasteiger partial charge in [0.1, 0.15) is 0 Å². The van der Waals surface area contributed by atoms with Crippen LogP contribution in [0, 0.1) is 0 Å². The average Bonchev–Trinajstić information content (AvgIpc) is 2.44. The van der Waals surface area contributed by atoms with Gasteiger partial charge in [-0.25, -0.2) is 0 Å². The zero-order chi connectivity index (χ0) is 14.8. The second kappa shape index (κ2) is 9.12.